The van der Waals surface area contributed by atoms with E-state index in [1.54, 1.807) is 7.05 Å². The van der Waals surface area contributed by atoms with E-state index in [1.165, 1.54) is 12.1 Å². The molecule has 0 saturated carbocycles. The number of alkyl halides is 3. The van der Waals surface area contributed by atoms with Crippen LogP contribution in [-0.4, -0.2) is 25.5 Å². The molecule has 0 bridgehead atoms. The number of benzene rings is 1. The lowest BCUT2D eigenvalue weighted by molar-refractivity contribution is -0.137. The van der Waals surface area contributed by atoms with Crippen molar-refractivity contribution in [3.05, 3.63) is 35.4 Å². The summed E-state index contributed by atoms with van der Waals surface area (Å²) in [5.41, 5.74) is -0.383. The summed E-state index contributed by atoms with van der Waals surface area (Å²) in [6, 6.07) is 4.93. The predicted octanol–water partition coefficient (Wildman–Crippen LogP) is 2.39. The van der Waals surface area contributed by atoms with E-state index in [-0.39, 0.29) is 30.8 Å². The molecule has 0 fully saturated rings. The summed E-state index contributed by atoms with van der Waals surface area (Å²) in [6.45, 7) is 2.33. The van der Waals surface area contributed by atoms with Crippen LogP contribution in [0.3, 0.4) is 0 Å². The summed E-state index contributed by atoms with van der Waals surface area (Å²) >= 11 is 0. The van der Waals surface area contributed by atoms with Crippen LogP contribution in [0, 0.1) is 0 Å². The van der Waals surface area contributed by atoms with Crippen LogP contribution in [0.25, 0.3) is 0 Å². The van der Waals surface area contributed by atoms with Crippen molar-refractivity contribution < 1.29 is 18.0 Å². The Morgan fingerprint density at radius 3 is 2.55 bits per heavy atom. The summed E-state index contributed by atoms with van der Waals surface area (Å²) in [5, 5.41) is 5.61. The number of rotatable bonds is 5. The molecule has 1 atom stereocenters. The van der Waals surface area contributed by atoms with E-state index in [2.05, 4.69) is 10.6 Å². The lowest BCUT2D eigenvalue weighted by atomic mass is 10.1. The smallest absolute Gasteiger partial charge is 0.354 e. The molecule has 0 aromatic heterocycles. The van der Waals surface area contributed by atoms with Crippen LogP contribution in [-0.2, 0) is 17.4 Å². The van der Waals surface area contributed by atoms with Gasteiger partial charge in [0.1, 0.15) is 0 Å². The molecule has 3 nitrogen and oxygen atoms in total. The molecule has 0 aliphatic rings. The maximum absolute atomic E-state index is 12.5. The normalized spacial score (nSPS) is 12.4. The van der Waals surface area contributed by atoms with Crippen LogP contribution in [0.5, 0.6) is 0 Å². The number of hydrogen-bond donors (Lipinski definition) is 2. The van der Waals surface area contributed by atoms with Crippen LogP contribution < -0.4 is 10.6 Å². The number of nitrogens with one attached hydrogen (secondary N) is 2. The number of hydrogen-bond acceptors (Lipinski definition) is 2. The van der Waals surface area contributed by atoms with Gasteiger partial charge in [-0.25, -0.2) is 0 Å². The Morgan fingerprint density at radius 2 is 2.00 bits per heavy atom. The monoisotopic (exact) mass is 310 g/mol. The second-order valence-electron chi connectivity index (χ2n) is 4.37. The van der Waals surface area contributed by atoms with Crippen molar-refractivity contribution in [3.8, 4) is 0 Å². The Kier molecular flexibility index (Phi) is 7.60. The van der Waals surface area contributed by atoms with Gasteiger partial charge in [0, 0.05) is 12.6 Å². The minimum Gasteiger partial charge on any atom is -0.354 e. The fraction of sp³-hybridized carbons (Fsp3) is 0.462. The van der Waals surface area contributed by atoms with Gasteiger partial charge >= 0.3 is 6.18 Å². The molecule has 1 rings (SSSR count). The molecule has 7 heteroatoms. The first-order valence-electron chi connectivity index (χ1n) is 5.93. The van der Waals surface area contributed by atoms with Crippen LogP contribution >= 0.6 is 12.4 Å². The van der Waals surface area contributed by atoms with Crippen molar-refractivity contribution in [3.63, 3.8) is 0 Å². The highest BCUT2D eigenvalue weighted by molar-refractivity contribution is 5.85. The van der Waals surface area contributed by atoms with E-state index in [1.807, 2.05) is 6.92 Å². The standard InChI is InChI=1S/C13H17F3N2O.ClH/c1-9(17-2)8-18-12(19)7-10-4-3-5-11(6-10)13(14,15)16;/h3-6,9,17H,7-8H2,1-2H3,(H,18,19);1H. The maximum Gasteiger partial charge on any atom is 0.416 e. The Bertz CT molecular complexity index is 438. The Hall–Kier alpha value is -1.27. The van der Waals surface area contributed by atoms with Crippen molar-refractivity contribution in [1.29, 1.82) is 0 Å². The fourth-order valence-corrected chi connectivity index (χ4v) is 1.47. The molecule has 114 valence electrons. The van der Waals surface area contributed by atoms with E-state index in [4.69, 9.17) is 0 Å². The van der Waals surface area contributed by atoms with Crippen molar-refractivity contribution in [1.82, 2.24) is 10.6 Å². The minimum absolute atomic E-state index is 0. The largest absolute Gasteiger partial charge is 0.416 e. The van der Waals surface area contributed by atoms with Crippen LogP contribution in [0.15, 0.2) is 24.3 Å². The molecule has 1 unspecified atom stereocenters. The summed E-state index contributed by atoms with van der Waals surface area (Å²) in [5.74, 6) is -0.290. The van der Waals surface area contributed by atoms with Gasteiger partial charge in [-0.15, -0.1) is 12.4 Å². The molecular weight excluding hydrogens is 293 g/mol. The zero-order valence-electron chi connectivity index (χ0n) is 11.3. The third-order valence-corrected chi connectivity index (χ3v) is 2.72. The van der Waals surface area contributed by atoms with E-state index in [0.717, 1.165) is 12.1 Å². The second-order valence-corrected chi connectivity index (χ2v) is 4.37. The predicted molar refractivity (Wildman–Crippen MR) is 73.9 cm³/mol. The third kappa shape index (κ3) is 6.25. The van der Waals surface area contributed by atoms with Gasteiger partial charge in [-0.2, -0.15) is 13.2 Å². The average molecular weight is 311 g/mol. The number of likely N-dealkylation sites (N-methyl/N-ethyl adjacent to an activating group) is 1. The number of carbonyl (C=O) groups is 1. The number of carbonyl (C=O) groups excluding carboxylic acids is 1. The summed E-state index contributed by atoms with van der Waals surface area (Å²) in [6.07, 6.45) is -4.44. The minimum atomic E-state index is -4.38. The fourth-order valence-electron chi connectivity index (χ4n) is 1.47. The first-order chi connectivity index (χ1) is 8.82. The third-order valence-electron chi connectivity index (χ3n) is 2.72. The van der Waals surface area contributed by atoms with E-state index in [0.29, 0.717) is 12.1 Å². The van der Waals surface area contributed by atoms with E-state index >= 15 is 0 Å². The highest BCUT2D eigenvalue weighted by Gasteiger charge is 2.30. The highest BCUT2D eigenvalue weighted by Crippen LogP contribution is 2.29. The van der Waals surface area contributed by atoms with Gasteiger partial charge in [0.25, 0.3) is 0 Å². The molecule has 1 aromatic rings. The quantitative estimate of drug-likeness (QED) is 0.877. The molecule has 2 N–H and O–H groups in total. The Morgan fingerprint density at radius 1 is 1.35 bits per heavy atom. The second kappa shape index (κ2) is 8.11. The average Bonchev–Trinajstić information content (AvgIpc) is 2.35. The van der Waals surface area contributed by atoms with Gasteiger partial charge < -0.3 is 10.6 Å². The van der Waals surface area contributed by atoms with Crippen molar-refractivity contribution >= 4 is 18.3 Å². The molecular formula is C13H18ClF3N2O. The summed E-state index contributed by atoms with van der Waals surface area (Å²) in [7, 11) is 1.77. The number of amides is 1. The molecule has 0 spiro atoms. The van der Waals surface area contributed by atoms with Crippen molar-refractivity contribution in [2.75, 3.05) is 13.6 Å². The highest BCUT2D eigenvalue weighted by atomic mass is 35.5. The van der Waals surface area contributed by atoms with Gasteiger partial charge in [-0.05, 0) is 25.6 Å². The zero-order valence-corrected chi connectivity index (χ0v) is 12.1. The van der Waals surface area contributed by atoms with Gasteiger partial charge in [-0.1, -0.05) is 18.2 Å². The summed E-state index contributed by atoms with van der Waals surface area (Å²) < 4.78 is 37.5. The molecule has 0 saturated heterocycles. The summed E-state index contributed by atoms with van der Waals surface area (Å²) in [4.78, 5) is 11.6. The van der Waals surface area contributed by atoms with E-state index < -0.39 is 11.7 Å². The first-order valence-corrected chi connectivity index (χ1v) is 5.93. The van der Waals surface area contributed by atoms with E-state index in [9.17, 15) is 18.0 Å². The van der Waals surface area contributed by atoms with Crippen molar-refractivity contribution in [2.24, 2.45) is 0 Å². The first kappa shape index (κ1) is 18.7. The molecule has 0 heterocycles. The topological polar surface area (TPSA) is 41.1 Å². The van der Waals surface area contributed by atoms with Gasteiger partial charge in [-0.3, -0.25) is 4.79 Å². The Labute approximate surface area is 122 Å². The lowest BCUT2D eigenvalue weighted by Crippen LogP contribution is -2.37. The zero-order chi connectivity index (χ0) is 14.5. The van der Waals surface area contributed by atoms with Crippen LogP contribution in [0.4, 0.5) is 13.2 Å². The van der Waals surface area contributed by atoms with Gasteiger partial charge in [0.05, 0.1) is 12.0 Å². The Balaban J connectivity index is 0.00000361. The molecule has 0 aliphatic carbocycles. The van der Waals surface area contributed by atoms with Crippen LogP contribution in [0.2, 0.25) is 0 Å². The van der Waals surface area contributed by atoms with Crippen molar-refractivity contribution in [2.45, 2.75) is 25.6 Å². The van der Waals surface area contributed by atoms with Gasteiger partial charge in [0.15, 0.2) is 0 Å². The maximum atomic E-state index is 12.5. The SMILES string of the molecule is CNC(C)CNC(=O)Cc1cccc(C(F)(F)F)c1.Cl. The molecule has 1 aromatic carbocycles. The lowest BCUT2D eigenvalue weighted by Gasteiger charge is -2.12. The molecule has 0 radical (unpaired) electrons. The molecule has 20 heavy (non-hydrogen) atoms. The van der Waals surface area contributed by atoms with Gasteiger partial charge in [0.2, 0.25) is 5.91 Å². The number of halogens is 4. The van der Waals surface area contributed by atoms with Crippen LogP contribution in [0.1, 0.15) is 18.1 Å². The molecule has 1 amide bonds. The molecule has 0 aliphatic heterocycles.